The SMILES string of the molecule is CCCNC(Cc1c(Br)c(CC)nn1CC)c1cn[nH]n1. The van der Waals surface area contributed by atoms with Crippen LogP contribution in [0.2, 0.25) is 0 Å². The van der Waals surface area contributed by atoms with E-state index in [1.807, 2.05) is 0 Å². The number of aryl methyl sites for hydroxylation is 2. The summed E-state index contributed by atoms with van der Waals surface area (Å²) < 4.78 is 3.20. The molecule has 0 aliphatic heterocycles. The second-order valence-electron chi connectivity index (χ2n) is 4.98. The fraction of sp³-hybridized carbons (Fsp3) is 0.643. The van der Waals surface area contributed by atoms with Crippen LogP contribution in [0.15, 0.2) is 10.7 Å². The number of nitrogens with zero attached hydrogens (tertiary/aromatic N) is 4. The zero-order chi connectivity index (χ0) is 15.2. The fourth-order valence-electron chi connectivity index (χ4n) is 2.38. The first-order valence-corrected chi connectivity index (χ1v) is 8.33. The van der Waals surface area contributed by atoms with Crippen molar-refractivity contribution in [2.45, 2.75) is 52.6 Å². The lowest BCUT2D eigenvalue weighted by atomic mass is 10.1. The number of aromatic nitrogens is 5. The van der Waals surface area contributed by atoms with Crippen LogP contribution in [-0.4, -0.2) is 31.7 Å². The van der Waals surface area contributed by atoms with Gasteiger partial charge in [-0.1, -0.05) is 13.8 Å². The van der Waals surface area contributed by atoms with Gasteiger partial charge in [0.05, 0.1) is 33.8 Å². The molecule has 0 saturated carbocycles. The third kappa shape index (κ3) is 3.71. The molecule has 0 saturated heterocycles. The maximum atomic E-state index is 4.66. The molecule has 2 aromatic heterocycles. The Balaban J connectivity index is 2.25. The number of hydrogen-bond acceptors (Lipinski definition) is 4. The first-order valence-electron chi connectivity index (χ1n) is 7.54. The van der Waals surface area contributed by atoms with Gasteiger partial charge in [0.15, 0.2) is 0 Å². The normalized spacial score (nSPS) is 12.8. The van der Waals surface area contributed by atoms with Crippen LogP contribution in [0.1, 0.15) is 50.3 Å². The summed E-state index contributed by atoms with van der Waals surface area (Å²) in [4.78, 5) is 0. The van der Waals surface area contributed by atoms with E-state index in [2.05, 4.69) is 67.2 Å². The van der Waals surface area contributed by atoms with Gasteiger partial charge in [-0.3, -0.25) is 4.68 Å². The summed E-state index contributed by atoms with van der Waals surface area (Å²) >= 11 is 3.71. The van der Waals surface area contributed by atoms with Crippen LogP contribution < -0.4 is 5.32 Å². The van der Waals surface area contributed by atoms with Crippen molar-refractivity contribution >= 4 is 15.9 Å². The summed E-state index contributed by atoms with van der Waals surface area (Å²) in [6.45, 7) is 8.23. The van der Waals surface area contributed by atoms with Gasteiger partial charge in [0, 0.05) is 13.0 Å². The van der Waals surface area contributed by atoms with Gasteiger partial charge < -0.3 is 5.32 Å². The Bertz CT molecular complexity index is 548. The first-order chi connectivity index (χ1) is 10.2. The highest BCUT2D eigenvalue weighted by molar-refractivity contribution is 9.10. The second-order valence-corrected chi connectivity index (χ2v) is 5.78. The number of aromatic amines is 1. The highest BCUT2D eigenvalue weighted by atomic mass is 79.9. The van der Waals surface area contributed by atoms with E-state index in [-0.39, 0.29) is 6.04 Å². The van der Waals surface area contributed by atoms with Crippen molar-refractivity contribution in [1.29, 1.82) is 0 Å². The van der Waals surface area contributed by atoms with Crippen LogP contribution in [0, 0.1) is 0 Å². The molecule has 6 nitrogen and oxygen atoms in total. The van der Waals surface area contributed by atoms with Gasteiger partial charge in [-0.2, -0.15) is 20.5 Å². The molecule has 0 spiro atoms. The minimum absolute atomic E-state index is 0.145. The lowest BCUT2D eigenvalue weighted by Crippen LogP contribution is -2.25. The van der Waals surface area contributed by atoms with E-state index in [9.17, 15) is 0 Å². The van der Waals surface area contributed by atoms with Crippen molar-refractivity contribution in [2.75, 3.05) is 6.54 Å². The van der Waals surface area contributed by atoms with Gasteiger partial charge in [-0.05, 0) is 42.2 Å². The number of hydrogen-bond donors (Lipinski definition) is 2. The third-order valence-corrected chi connectivity index (χ3v) is 4.44. The zero-order valence-electron chi connectivity index (χ0n) is 12.9. The summed E-state index contributed by atoms with van der Waals surface area (Å²) in [6.07, 6.45) is 4.64. The summed E-state index contributed by atoms with van der Waals surface area (Å²) in [6, 6.07) is 0.145. The Morgan fingerprint density at radius 3 is 2.76 bits per heavy atom. The molecule has 0 radical (unpaired) electrons. The van der Waals surface area contributed by atoms with Gasteiger partial charge in [-0.15, -0.1) is 0 Å². The molecule has 2 N–H and O–H groups in total. The number of rotatable bonds is 8. The van der Waals surface area contributed by atoms with Gasteiger partial charge >= 0.3 is 0 Å². The van der Waals surface area contributed by atoms with Crippen molar-refractivity contribution in [1.82, 2.24) is 30.5 Å². The molecular formula is C14H23BrN6. The molecule has 2 rings (SSSR count). The number of halogens is 1. The van der Waals surface area contributed by atoms with E-state index >= 15 is 0 Å². The highest BCUT2D eigenvalue weighted by Crippen LogP contribution is 2.26. The summed E-state index contributed by atoms with van der Waals surface area (Å²) in [7, 11) is 0. The predicted octanol–water partition coefficient (Wildman–Crippen LogP) is 2.63. The van der Waals surface area contributed by atoms with E-state index in [4.69, 9.17) is 0 Å². The molecule has 0 aromatic carbocycles. The molecule has 1 atom stereocenters. The van der Waals surface area contributed by atoms with Crippen LogP contribution in [0.5, 0.6) is 0 Å². The average molecular weight is 355 g/mol. The Kier molecular flexibility index (Phi) is 5.93. The zero-order valence-corrected chi connectivity index (χ0v) is 14.4. The van der Waals surface area contributed by atoms with Gasteiger partial charge in [0.25, 0.3) is 0 Å². The van der Waals surface area contributed by atoms with Gasteiger partial charge in [0.2, 0.25) is 0 Å². The second kappa shape index (κ2) is 7.70. The van der Waals surface area contributed by atoms with Gasteiger partial charge in [0.1, 0.15) is 0 Å². The Labute approximate surface area is 133 Å². The van der Waals surface area contributed by atoms with Crippen LogP contribution >= 0.6 is 15.9 Å². The third-order valence-electron chi connectivity index (χ3n) is 3.52. The highest BCUT2D eigenvalue weighted by Gasteiger charge is 2.21. The standard InChI is InChI=1S/C14H23BrN6/c1-4-7-16-11(12-9-17-20-18-12)8-13-14(15)10(5-2)19-21(13)6-3/h9,11,16H,4-8H2,1-3H3,(H,17,18,20). The topological polar surface area (TPSA) is 71.4 Å². The van der Waals surface area contributed by atoms with Crippen LogP contribution in [-0.2, 0) is 19.4 Å². The van der Waals surface area contributed by atoms with E-state index < -0.39 is 0 Å². The molecule has 0 aliphatic carbocycles. The van der Waals surface area contributed by atoms with Crippen molar-refractivity contribution in [3.8, 4) is 0 Å². The van der Waals surface area contributed by atoms with Crippen LogP contribution in [0.4, 0.5) is 0 Å². The quantitative estimate of drug-likeness (QED) is 0.764. The van der Waals surface area contributed by atoms with Gasteiger partial charge in [-0.25, -0.2) is 0 Å². The first kappa shape index (κ1) is 16.2. The van der Waals surface area contributed by atoms with Crippen LogP contribution in [0.3, 0.4) is 0 Å². The maximum Gasteiger partial charge on any atom is 0.0997 e. The summed E-state index contributed by atoms with van der Waals surface area (Å²) in [5, 5.41) is 19.1. The van der Waals surface area contributed by atoms with Crippen molar-refractivity contribution in [3.05, 3.63) is 27.8 Å². The number of nitrogens with one attached hydrogen (secondary N) is 2. The van der Waals surface area contributed by atoms with Crippen molar-refractivity contribution in [2.24, 2.45) is 0 Å². The Hall–Kier alpha value is -1.21. The molecule has 0 fully saturated rings. The van der Waals surface area contributed by atoms with Crippen LogP contribution in [0.25, 0.3) is 0 Å². The van der Waals surface area contributed by atoms with E-state index in [0.29, 0.717) is 0 Å². The van der Waals surface area contributed by atoms with Crippen molar-refractivity contribution < 1.29 is 0 Å². The molecule has 116 valence electrons. The maximum absolute atomic E-state index is 4.66. The lowest BCUT2D eigenvalue weighted by molar-refractivity contribution is 0.492. The lowest BCUT2D eigenvalue weighted by Gasteiger charge is -2.17. The number of H-pyrrole nitrogens is 1. The Morgan fingerprint density at radius 2 is 2.19 bits per heavy atom. The molecule has 1 unspecified atom stereocenters. The Morgan fingerprint density at radius 1 is 1.38 bits per heavy atom. The smallest absolute Gasteiger partial charge is 0.0997 e. The molecular weight excluding hydrogens is 332 g/mol. The van der Waals surface area contributed by atoms with E-state index in [1.54, 1.807) is 6.20 Å². The summed E-state index contributed by atoms with van der Waals surface area (Å²) in [5.41, 5.74) is 3.27. The monoisotopic (exact) mass is 354 g/mol. The minimum atomic E-state index is 0.145. The van der Waals surface area contributed by atoms with Crippen molar-refractivity contribution in [3.63, 3.8) is 0 Å². The minimum Gasteiger partial charge on any atom is -0.308 e. The molecule has 0 aliphatic rings. The van der Waals surface area contributed by atoms with E-state index in [1.165, 1.54) is 5.69 Å². The average Bonchev–Trinajstić information content (AvgIpc) is 3.12. The fourth-order valence-corrected chi connectivity index (χ4v) is 3.11. The molecule has 7 heteroatoms. The molecule has 2 aromatic rings. The predicted molar refractivity (Wildman–Crippen MR) is 86.1 cm³/mol. The summed E-state index contributed by atoms with van der Waals surface area (Å²) in [5.74, 6) is 0. The molecule has 21 heavy (non-hydrogen) atoms. The largest absolute Gasteiger partial charge is 0.308 e. The van der Waals surface area contributed by atoms with E-state index in [0.717, 1.165) is 48.2 Å². The molecule has 0 bridgehead atoms. The molecule has 2 heterocycles. The molecule has 0 amide bonds.